The summed E-state index contributed by atoms with van der Waals surface area (Å²) in [5.41, 5.74) is 0.161. The highest BCUT2D eigenvalue weighted by molar-refractivity contribution is 4.97. The molecule has 1 saturated heterocycles. The number of nitrogens with one attached hydrogen (secondary N) is 1. The van der Waals surface area contributed by atoms with Crippen molar-refractivity contribution < 1.29 is 4.74 Å². The SMILES string of the molecule is C=CCC(NCC)C(C)(C)N1CCOCC1. The normalized spacial score (nSPS) is 20.7. The highest BCUT2D eigenvalue weighted by Gasteiger charge is 2.34. The first-order valence-corrected chi connectivity index (χ1v) is 6.30. The molecule has 0 aromatic carbocycles. The average Bonchev–Trinajstić information content (AvgIpc) is 2.30. The summed E-state index contributed by atoms with van der Waals surface area (Å²) in [5, 5.41) is 3.57. The quantitative estimate of drug-likeness (QED) is 0.697. The first kappa shape index (κ1) is 13.7. The van der Waals surface area contributed by atoms with Crippen LogP contribution in [0.15, 0.2) is 12.7 Å². The lowest BCUT2D eigenvalue weighted by molar-refractivity contribution is -0.0227. The zero-order chi connectivity index (χ0) is 12.0. The van der Waals surface area contributed by atoms with E-state index in [1.807, 2.05) is 6.08 Å². The topological polar surface area (TPSA) is 24.5 Å². The highest BCUT2D eigenvalue weighted by atomic mass is 16.5. The van der Waals surface area contributed by atoms with Crippen LogP contribution in [-0.4, -0.2) is 49.3 Å². The number of hydrogen-bond acceptors (Lipinski definition) is 3. The molecule has 0 saturated carbocycles. The van der Waals surface area contributed by atoms with Crippen LogP contribution in [0.2, 0.25) is 0 Å². The summed E-state index contributed by atoms with van der Waals surface area (Å²) >= 11 is 0. The van der Waals surface area contributed by atoms with Crippen LogP contribution >= 0.6 is 0 Å². The van der Waals surface area contributed by atoms with Gasteiger partial charge < -0.3 is 10.1 Å². The maximum atomic E-state index is 5.41. The standard InChI is InChI=1S/C13H26N2O/c1-5-7-12(14-6-2)13(3,4)15-8-10-16-11-9-15/h5,12,14H,1,6-11H2,2-4H3. The van der Waals surface area contributed by atoms with E-state index in [9.17, 15) is 0 Å². The predicted molar refractivity (Wildman–Crippen MR) is 68.7 cm³/mol. The first-order chi connectivity index (χ1) is 7.62. The van der Waals surface area contributed by atoms with Crippen LogP contribution in [0.4, 0.5) is 0 Å². The molecular weight excluding hydrogens is 200 g/mol. The summed E-state index contributed by atoms with van der Waals surface area (Å²) in [7, 11) is 0. The van der Waals surface area contributed by atoms with Gasteiger partial charge in [0.05, 0.1) is 13.2 Å². The van der Waals surface area contributed by atoms with Crippen molar-refractivity contribution in [2.24, 2.45) is 0 Å². The zero-order valence-electron chi connectivity index (χ0n) is 11.0. The van der Waals surface area contributed by atoms with Gasteiger partial charge in [-0.1, -0.05) is 13.0 Å². The van der Waals surface area contributed by atoms with Crippen molar-refractivity contribution >= 4 is 0 Å². The van der Waals surface area contributed by atoms with Gasteiger partial charge in [-0.3, -0.25) is 4.90 Å². The van der Waals surface area contributed by atoms with Crippen molar-refractivity contribution in [3.8, 4) is 0 Å². The monoisotopic (exact) mass is 226 g/mol. The molecule has 0 aromatic heterocycles. The number of hydrogen-bond donors (Lipinski definition) is 1. The summed E-state index contributed by atoms with van der Waals surface area (Å²) in [6, 6.07) is 0.466. The second-order valence-corrected chi connectivity index (χ2v) is 4.89. The molecule has 3 heteroatoms. The lowest BCUT2D eigenvalue weighted by Gasteiger charge is -2.46. The predicted octanol–water partition coefficient (Wildman–Crippen LogP) is 1.65. The Hall–Kier alpha value is -0.380. The molecular formula is C13H26N2O. The third-order valence-corrected chi connectivity index (χ3v) is 3.53. The second-order valence-electron chi connectivity index (χ2n) is 4.89. The summed E-state index contributed by atoms with van der Waals surface area (Å²) in [6.45, 7) is 15.4. The molecule has 1 aliphatic heterocycles. The Morgan fingerprint density at radius 2 is 2.06 bits per heavy atom. The Morgan fingerprint density at radius 3 is 2.56 bits per heavy atom. The van der Waals surface area contributed by atoms with Crippen LogP contribution < -0.4 is 5.32 Å². The van der Waals surface area contributed by atoms with Gasteiger partial charge in [0.2, 0.25) is 0 Å². The number of rotatable bonds is 6. The Kier molecular flexibility index (Phi) is 5.46. The Morgan fingerprint density at radius 1 is 1.44 bits per heavy atom. The molecule has 0 spiro atoms. The van der Waals surface area contributed by atoms with Crippen molar-refractivity contribution in [2.75, 3.05) is 32.8 Å². The minimum atomic E-state index is 0.161. The third-order valence-electron chi connectivity index (χ3n) is 3.53. The van der Waals surface area contributed by atoms with Crippen molar-refractivity contribution in [1.82, 2.24) is 10.2 Å². The Bertz CT molecular complexity index is 210. The lowest BCUT2D eigenvalue weighted by atomic mass is 9.89. The van der Waals surface area contributed by atoms with Crippen LogP contribution in [0.3, 0.4) is 0 Å². The summed E-state index contributed by atoms with van der Waals surface area (Å²) in [5.74, 6) is 0. The van der Waals surface area contributed by atoms with E-state index in [4.69, 9.17) is 4.74 Å². The van der Waals surface area contributed by atoms with Crippen molar-refractivity contribution in [3.05, 3.63) is 12.7 Å². The highest BCUT2D eigenvalue weighted by Crippen LogP contribution is 2.22. The zero-order valence-corrected chi connectivity index (χ0v) is 11.0. The fourth-order valence-corrected chi connectivity index (χ4v) is 2.39. The molecule has 1 unspecified atom stereocenters. The minimum Gasteiger partial charge on any atom is -0.379 e. The van der Waals surface area contributed by atoms with Crippen LogP contribution in [0, 0.1) is 0 Å². The smallest absolute Gasteiger partial charge is 0.0594 e. The van der Waals surface area contributed by atoms with Crippen LogP contribution in [-0.2, 0) is 4.74 Å². The van der Waals surface area contributed by atoms with E-state index >= 15 is 0 Å². The van der Waals surface area contributed by atoms with E-state index in [1.54, 1.807) is 0 Å². The number of nitrogens with zero attached hydrogens (tertiary/aromatic N) is 1. The van der Waals surface area contributed by atoms with Gasteiger partial charge in [0.25, 0.3) is 0 Å². The molecule has 1 aliphatic rings. The molecule has 0 aromatic rings. The molecule has 1 rings (SSSR count). The fraction of sp³-hybridized carbons (Fsp3) is 0.846. The van der Waals surface area contributed by atoms with Gasteiger partial charge in [0.15, 0.2) is 0 Å². The second kappa shape index (κ2) is 6.38. The molecule has 1 N–H and O–H groups in total. The maximum Gasteiger partial charge on any atom is 0.0594 e. The van der Waals surface area contributed by atoms with Crippen LogP contribution in [0.5, 0.6) is 0 Å². The number of morpholine rings is 1. The van der Waals surface area contributed by atoms with Crippen molar-refractivity contribution in [1.29, 1.82) is 0 Å². The molecule has 1 heterocycles. The summed E-state index contributed by atoms with van der Waals surface area (Å²) in [6.07, 6.45) is 3.02. The van der Waals surface area contributed by atoms with Gasteiger partial charge in [-0.2, -0.15) is 0 Å². The molecule has 94 valence electrons. The third kappa shape index (κ3) is 3.30. The number of likely N-dealkylation sites (N-methyl/N-ethyl adjacent to an activating group) is 1. The average molecular weight is 226 g/mol. The lowest BCUT2D eigenvalue weighted by Crippen LogP contribution is -2.60. The Balaban J connectivity index is 2.65. The summed E-state index contributed by atoms with van der Waals surface area (Å²) < 4.78 is 5.41. The number of ether oxygens (including phenoxy) is 1. The molecule has 0 bridgehead atoms. The van der Waals surface area contributed by atoms with Crippen LogP contribution in [0.1, 0.15) is 27.2 Å². The van der Waals surface area contributed by atoms with E-state index in [0.717, 1.165) is 39.3 Å². The first-order valence-electron chi connectivity index (χ1n) is 6.30. The van der Waals surface area contributed by atoms with Gasteiger partial charge in [0.1, 0.15) is 0 Å². The molecule has 0 aliphatic carbocycles. The van der Waals surface area contributed by atoms with E-state index in [2.05, 4.69) is 37.6 Å². The van der Waals surface area contributed by atoms with Gasteiger partial charge in [-0.05, 0) is 26.8 Å². The largest absolute Gasteiger partial charge is 0.379 e. The van der Waals surface area contributed by atoms with E-state index in [-0.39, 0.29) is 5.54 Å². The van der Waals surface area contributed by atoms with E-state index < -0.39 is 0 Å². The molecule has 0 amide bonds. The molecule has 16 heavy (non-hydrogen) atoms. The van der Waals surface area contributed by atoms with E-state index in [0.29, 0.717) is 6.04 Å². The molecule has 0 radical (unpaired) electrons. The van der Waals surface area contributed by atoms with Crippen LogP contribution in [0.25, 0.3) is 0 Å². The van der Waals surface area contributed by atoms with Gasteiger partial charge >= 0.3 is 0 Å². The van der Waals surface area contributed by atoms with Gasteiger partial charge in [-0.25, -0.2) is 0 Å². The molecule has 1 atom stereocenters. The summed E-state index contributed by atoms with van der Waals surface area (Å²) in [4.78, 5) is 2.52. The van der Waals surface area contributed by atoms with Crippen molar-refractivity contribution in [2.45, 2.75) is 38.8 Å². The van der Waals surface area contributed by atoms with Gasteiger partial charge in [-0.15, -0.1) is 6.58 Å². The maximum absolute atomic E-state index is 5.41. The van der Waals surface area contributed by atoms with Gasteiger partial charge in [0, 0.05) is 24.7 Å². The Labute approximate surface area is 99.8 Å². The van der Waals surface area contributed by atoms with Crippen molar-refractivity contribution in [3.63, 3.8) is 0 Å². The molecule has 1 fully saturated rings. The molecule has 3 nitrogen and oxygen atoms in total. The van der Waals surface area contributed by atoms with E-state index in [1.165, 1.54) is 0 Å². The minimum absolute atomic E-state index is 0.161. The fourth-order valence-electron chi connectivity index (χ4n) is 2.39.